The van der Waals surface area contributed by atoms with Gasteiger partial charge in [0.1, 0.15) is 0 Å². The molecule has 0 saturated carbocycles. The summed E-state index contributed by atoms with van der Waals surface area (Å²) in [5.74, 6) is 0.0607. The molecule has 0 bridgehead atoms. The molecule has 2 heterocycles. The summed E-state index contributed by atoms with van der Waals surface area (Å²) in [6.07, 6.45) is 0.493. The van der Waals surface area contributed by atoms with Crippen molar-refractivity contribution in [2.75, 3.05) is 25.1 Å². The lowest BCUT2D eigenvalue weighted by Gasteiger charge is -2.27. The van der Waals surface area contributed by atoms with Gasteiger partial charge in [0, 0.05) is 5.69 Å². The second-order valence-corrected chi connectivity index (χ2v) is 5.51. The van der Waals surface area contributed by atoms with Gasteiger partial charge in [-0.25, -0.2) is 0 Å². The highest BCUT2D eigenvalue weighted by Crippen LogP contribution is 2.33. The number of amides is 1. The van der Waals surface area contributed by atoms with Crippen molar-refractivity contribution in [3.8, 4) is 0 Å². The Morgan fingerprint density at radius 2 is 2.28 bits per heavy atom. The summed E-state index contributed by atoms with van der Waals surface area (Å²) < 4.78 is 11.1. The van der Waals surface area contributed by atoms with Crippen molar-refractivity contribution in [1.29, 1.82) is 0 Å². The minimum Gasteiger partial charge on any atom is -0.376 e. The molecule has 2 aliphatic heterocycles. The minimum atomic E-state index is 0.0295. The summed E-state index contributed by atoms with van der Waals surface area (Å²) in [6, 6.07) is 6.03. The van der Waals surface area contributed by atoms with Gasteiger partial charge in [-0.1, -0.05) is 28.1 Å². The van der Waals surface area contributed by atoms with Gasteiger partial charge in [0.25, 0.3) is 0 Å². The molecule has 0 spiro atoms. The molecule has 2 aliphatic rings. The molecule has 18 heavy (non-hydrogen) atoms. The third-order valence-electron chi connectivity index (χ3n) is 3.24. The Bertz CT molecular complexity index is 471. The number of hydrogen-bond acceptors (Lipinski definition) is 3. The van der Waals surface area contributed by atoms with Crippen LogP contribution in [-0.2, 0) is 20.7 Å². The summed E-state index contributed by atoms with van der Waals surface area (Å²) in [4.78, 5) is 11.4. The van der Waals surface area contributed by atoms with E-state index in [2.05, 4.69) is 27.3 Å². The first kappa shape index (κ1) is 12.1. The van der Waals surface area contributed by atoms with E-state index in [1.165, 1.54) is 0 Å². The van der Waals surface area contributed by atoms with Crippen LogP contribution in [0.3, 0.4) is 0 Å². The average Bonchev–Trinajstić information content (AvgIpc) is 2.78. The predicted molar refractivity (Wildman–Crippen MR) is 71.0 cm³/mol. The molecule has 2 unspecified atom stereocenters. The lowest BCUT2D eigenvalue weighted by molar-refractivity contribution is -0.115. The Morgan fingerprint density at radius 1 is 1.39 bits per heavy atom. The van der Waals surface area contributed by atoms with Crippen LogP contribution in [0.1, 0.15) is 16.0 Å². The molecular weight excluding hydrogens is 298 g/mol. The van der Waals surface area contributed by atoms with Crippen LogP contribution in [0.25, 0.3) is 0 Å². The van der Waals surface area contributed by atoms with Crippen LogP contribution in [0.2, 0.25) is 0 Å². The molecule has 2 atom stereocenters. The SMILES string of the molecule is O=C1Cc2cc(C(Br)C3COCCO3)ccc2N1. The van der Waals surface area contributed by atoms with Crippen molar-refractivity contribution in [2.24, 2.45) is 0 Å². The largest absolute Gasteiger partial charge is 0.376 e. The van der Waals surface area contributed by atoms with Crippen LogP contribution in [0.5, 0.6) is 0 Å². The van der Waals surface area contributed by atoms with E-state index >= 15 is 0 Å². The van der Waals surface area contributed by atoms with Crippen molar-refractivity contribution in [1.82, 2.24) is 0 Å². The quantitative estimate of drug-likeness (QED) is 0.850. The number of carbonyl (C=O) groups excluding carboxylic acids is 1. The number of benzene rings is 1. The van der Waals surface area contributed by atoms with Crippen molar-refractivity contribution in [3.63, 3.8) is 0 Å². The number of nitrogens with one attached hydrogen (secondary N) is 1. The van der Waals surface area contributed by atoms with Crippen LogP contribution < -0.4 is 5.32 Å². The number of hydrogen-bond donors (Lipinski definition) is 1. The molecule has 96 valence electrons. The van der Waals surface area contributed by atoms with E-state index in [4.69, 9.17) is 9.47 Å². The fourth-order valence-corrected chi connectivity index (χ4v) is 2.90. The Labute approximate surface area is 114 Å². The number of carbonyl (C=O) groups is 1. The zero-order valence-corrected chi connectivity index (χ0v) is 11.4. The molecule has 1 N–H and O–H groups in total. The van der Waals surface area contributed by atoms with Crippen LogP contribution in [0.15, 0.2) is 18.2 Å². The summed E-state index contributed by atoms with van der Waals surface area (Å²) >= 11 is 3.66. The monoisotopic (exact) mass is 311 g/mol. The van der Waals surface area contributed by atoms with Gasteiger partial charge in [-0.3, -0.25) is 4.79 Å². The first-order chi connectivity index (χ1) is 8.74. The third kappa shape index (κ3) is 2.30. The highest BCUT2D eigenvalue weighted by atomic mass is 79.9. The van der Waals surface area contributed by atoms with Gasteiger partial charge < -0.3 is 14.8 Å². The molecule has 0 aromatic heterocycles. The molecule has 1 aromatic rings. The molecule has 0 aliphatic carbocycles. The molecule has 3 rings (SSSR count). The van der Waals surface area contributed by atoms with E-state index in [-0.39, 0.29) is 16.8 Å². The molecule has 1 fully saturated rings. The Morgan fingerprint density at radius 3 is 3.06 bits per heavy atom. The topological polar surface area (TPSA) is 47.6 Å². The van der Waals surface area contributed by atoms with E-state index < -0.39 is 0 Å². The highest BCUT2D eigenvalue weighted by molar-refractivity contribution is 9.09. The van der Waals surface area contributed by atoms with Crippen LogP contribution in [0.4, 0.5) is 5.69 Å². The molecule has 0 radical (unpaired) electrons. The first-order valence-electron chi connectivity index (χ1n) is 6.00. The van der Waals surface area contributed by atoms with E-state index in [1.807, 2.05) is 12.1 Å². The Kier molecular flexibility index (Phi) is 3.37. The lowest BCUT2D eigenvalue weighted by atomic mass is 10.0. The van der Waals surface area contributed by atoms with Gasteiger partial charge in [-0.15, -0.1) is 0 Å². The third-order valence-corrected chi connectivity index (χ3v) is 4.36. The number of halogens is 1. The molecule has 1 aromatic carbocycles. The van der Waals surface area contributed by atoms with Crippen LogP contribution in [0, 0.1) is 0 Å². The first-order valence-corrected chi connectivity index (χ1v) is 6.92. The van der Waals surface area contributed by atoms with Crippen molar-refractivity contribution >= 4 is 27.5 Å². The fraction of sp³-hybridized carbons (Fsp3) is 0.462. The van der Waals surface area contributed by atoms with Gasteiger partial charge >= 0.3 is 0 Å². The van der Waals surface area contributed by atoms with E-state index in [1.54, 1.807) is 0 Å². The maximum absolute atomic E-state index is 11.3. The Hall–Kier alpha value is -0.910. The van der Waals surface area contributed by atoms with Gasteiger partial charge in [-0.2, -0.15) is 0 Å². The molecule has 1 saturated heterocycles. The normalized spacial score (nSPS) is 24.5. The van der Waals surface area contributed by atoms with Crippen molar-refractivity contribution < 1.29 is 14.3 Å². The summed E-state index contributed by atoms with van der Waals surface area (Å²) in [5, 5.41) is 2.83. The number of anilines is 1. The van der Waals surface area contributed by atoms with Crippen molar-refractivity contribution in [3.05, 3.63) is 29.3 Å². The van der Waals surface area contributed by atoms with E-state index in [0.29, 0.717) is 26.2 Å². The zero-order chi connectivity index (χ0) is 12.5. The zero-order valence-electron chi connectivity index (χ0n) is 9.82. The Balaban J connectivity index is 1.80. The van der Waals surface area contributed by atoms with E-state index in [0.717, 1.165) is 16.8 Å². The average molecular weight is 312 g/mol. The standard InChI is InChI=1S/C13H14BrNO3/c14-13(11-7-17-3-4-18-11)8-1-2-10-9(5-8)6-12(16)15-10/h1-2,5,11,13H,3-4,6-7H2,(H,15,16). The van der Waals surface area contributed by atoms with Crippen molar-refractivity contribution in [2.45, 2.75) is 17.4 Å². The van der Waals surface area contributed by atoms with Gasteiger partial charge in [-0.05, 0) is 17.2 Å². The predicted octanol–water partition coefficient (Wildman–Crippen LogP) is 2.03. The number of alkyl halides is 1. The maximum atomic E-state index is 11.3. The van der Waals surface area contributed by atoms with Gasteiger partial charge in [0.05, 0.1) is 37.2 Å². The van der Waals surface area contributed by atoms with Crippen LogP contribution in [-0.4, -0.2) is 31.8 Å². The lowest BCUT2D eigenvalue weighted by Crippen LogP contribution is -2.31. The molecule has 4 nitrogen and oxygen atoms in total. The maximum Gasteiger partial charge on any atom is 0.228 e. The van der Waals surface area contributed by atoms with E-state index in [9.17, 15) is 4.79 Å². The van der Waals surface area contributed by atoms with Gasteiger partial charge in [0.15, 0.2) is 0 Å². The fourth-order valence-electron chi connectivity index (χ4n) is 2.31. The summed E-state index contributed by atoms with van der Waals surface area (Å²) in [5.41, 5.74) is 3.10. The second kappa shape index (κ2) is 4.99. The molecular formula is C13H14BrNO3. The highest BCUT2D eigenvalue weighted by Gasteiger charge is 2.26. The van der Waals surface area contributed by atoms with Gasteiger partial charge in [0.2, 0.25) is 5.91 Å². The summed E-state index contributed by atoms with van der Waals surface area (Å²) in [7, 11) is 0. The summed E-state index contributed by atoms with van der Waals surface area (Å²) in [6.45, 7) is 1.90. The number of fused-ring (bicyclic) bond motifs is 1. The van der Waals surface area contributed by atoms with Crippen LogP contribution >= 0.6 is 15.9 Å². The minimum absolute atomic E-state index is 0.0295. The second-order valence-electron chi connectivity index (χ2n) is 4.53. The number of rotatable bonds is 2. The number of ether oxygens (including phenoxy) is 2. The molecule has 1 amide bonds. The smallest absolute Gasteiger partial charge is 0.228 e. The molecule has 5 heteroatoms.